The standard InChI is InChI=1S/C13H20N2O3S/c1-4-10-14-9(3)11(13(16)17)12(15-10)19-8-6-7-18-5-2/h4-8H2,1-3H3,(H,16,17). The van der Waals surface area contributed by atoms with Gasteiger partial charge >= 0.3 is 5.97 Å². The summed E-state index contributed by atoms with van der Waals surface area (Å²) in [6.45, 7) is 7.03. The monoisotopic (exact) mass is 284 g/mol. The fraction of sp³-hybridized carbons (Fsp3) is 0.615. The van der Waals surface area contributed by atoms with Crippen LogP contribution in [0.4, 0.5) is 0 Å². The third-order valence-electron chi connectivity index (χ3n) is 2.51. The van der Waals surface area contributed by atoms with Crippen LogP contribution < -0.4 is 0 Å². The topological polar surface area (TPSA) is 72.3 Å². The van der Waals surface area contributed by atoms with Crippen molar-refractivity contribution >= 4 is 17.7 Å². The zero-order valence-electron chi connectivity index (χ0n) is 11.6. The summed E-state index contributed by atoms with van der Waals surface area (Å²) >= 11 is 1.46. The van der Waals surface area contributed by atoms with Crippen LogP contribution in [0.2, 0.25) is 0 Å². The molecule has 106 valence electrons. The van der Waals surface area contributed by atoms with Gasteiger partial charge < -0.3 is 9.84 Å². The van der Waals surface area contributed by atoms with Crippen molar-refractivity contribution in [3.05, 3.63) is 17.1 Å². The highest BCUT2D eigenvalue weighted by molar-refractivity contribution is 7.99. The van der Waals surface area contributed by atoms with E-state index in [0.29, 0.717) is 36.2 Å². The molecule has 0 radical (unpaired) electrons. The Morgan fingerprint density at radius 3 is 2.68 bits per heavy atom. The molecule has 19 heavy (non-hydrogen) atoms. The number of carboxylic acids is 1. The Labute approximate surface area is 117 Å². The van der Waals surface area contributed by atoms with Crippen LogP contribution in [-0.4, -0.2) is 40.0 Å². The van der Waals surface area contributed by atoms with Gasteiger partial charge in [-0.3, -0.25) is 0 Å². The van der Waals surface area contributed by atoms with Crippen LogP contribution in [0.1, 0.15) is 42.1 Å². The first kappa shape index (κ1) is 15.9. The van der Waals surface area contributed by atoms with Crippen LogP contribution in [0.5, 0.6) is 0 Å². The molecular weight excluding hydrogens is 264 g/mol. The van der Waals surface area contributed by atoms with E-state index in [2.05, 4.69) is 9.97 Å². The first-order valence-corrected chi connectivity index (χ1v) is 7.40. The number of hydrogen-bond acceptors (Lipinski definition) is 5. The van der Waals surface area contributed by atoms with Gasteiger partial charge in [0, 0.05) is 25.4 Å². The lowest BCUT2D eigenvalue weighted by molar-refractivity contribution is 0.0690. The highest BCUT2D eigenvalue weighted by atomic mass is 32.2. The first-order chi connectivity index (χ1) is 9.10. The van der Waals surface area contributed by atoms with Gasteiger partial charge in [0.15, 0.2) is 0 Å². The first-order valence-electron chi connectivity index (χ1n) is 6.41. The fourth-order valence-electron chi connectivity index (χ4n) is 1.59. The second-order valence-corrected chi connectivity index (χ2v) is 5.05. The zero-order chi connectivity index (χ0) is 14.3. The van der Waals surface area contributed by atoms with Gasteiger partial charge in [-0.05, 0) is 20.3 Å². The van der Waals surface area contributed by atoms with Gasteiger partial charge in [-0.1, -0.05) is 6.92 Å². The number of hydrogen-bond donors (Lipinski definition) is 1. The number of carbonyl (C=O) groups is 1. The maximum atomic E-state index is 11.3. The van der Waals surface area contributed by atoms with E-state index in [0.717, 1.165) is 12.2 Å². The Balaban J connectivity index is 2.78. The van der Waals surface area contributed by atoms with Crippen LogP contribution in [0.15, 0.2) is 5.03 Å². The van der Waals surface area contributed by atoms with Crippen molar-refractivity contribution in [3.8, 4) is 0 Å². The Hall–Kier alpha value is -1.14. The predicted octanol–water partition coefficient (Wildman–Crippen LogP) is 2.56. The number of nitrogens with zero attached hydrogens (tertiary/aromatic N) is 2. The van der Waals surface area contributed by atoms with E-state index in [9.17, 15) is 9.90 Å². The maximum absolute atomic E-state index is 11.3. The minimum atomic E-state index is -0.965. The van der Waals surface area contributed by atoms with Crippen LogP contribution >= 0.6 is 11.8 Å². The molecule has 0 unspecified atom stereocenters. The molecule has 0 aliphatic heterocycles. The molecule has 1 rings (SSSR count). The van der Waals surface area contributed by atoms with Gasteiger partial charge in [-0.25, -0.2) is 14.8 Å². The Kier molecular flexibility index (Phi) is 6.80. The summed E-state index contributed by atoms with van der Waals surface area (Å²) < 4.78 is 5.26. The molecule has 0 aliphatic rings. The molecule has 1 heterocycles. The van der Waals surface area contributed by atoms with Crippen molar-refractivity contribution in [1.82, 2.24) is 9.97 Å². The molecule has 0 saturated heterocycles. The summed E-state index contributed by atoms with van der Waals surface area (Å²) in [6.07, 6.45) is 1.58. The van der Waals surface area contributed by atoms with Gasteiger partial charge in [0.1, 0.15) is 16.4 Å². The third-order valence-corrected chi connectivity index (χ3v) is 3.57. The number of rotatable bonds is 8. The largest absolute Gasteiger partial charge is 0.478 e. The van der Waals surface area contributed by atoms with E-state index >= 15 is 0 Å². The van der Waals surface area contributed by atoms with Crippen LogP contribution in [0, 0.1) is 6.92 Å². The molecule has 0 fully saturated rings. The minimum absolute atomic E-state index is 0.221. The molecule has 6 heteroatoms. The molecule has 0 aromatic carbocycles. The molecule has 0 aliphatic carbocycles. The molecule has 1 aromatic rings. The van der Waals surface area contributed by atoms with E-state index in [4.69, 9.17) is 4.74 Å². The third kappa shape index (κ3) is 4.80. The molecular formula is C13H20N2O3S. The lowest BCUT2D eigenvalue weighted by Crippen LogP contribution is -2.09. The van der Waals surface area contributed by atoms with E-state index in [1.54, 1.807) is 6.92 Å². The lowest BCUT2D eigenvalue weighted by atomic mass is 10.2. The van der Waals surface area contributed by atoms with Crippen LogP contribution in [0.25, 0.3) is 0 Å². The van der Waals surface area contributed by atoms with E-state index in [1.165, 1.54) is 11.8 Å². The highest BCUT2D eigenvalue weighted by Gasteiger charge is 2.17. The second-order valence-electron chi connectivity index (χ2n) is 3.96. The van der Waals surface area contributed by atoms with E-state index in [-0.39, 0.29) is 5.56 Å². The average molecular weight is 284 g/mol. The normalized spacial score (nSPS) is 10.7. The quantitative estimate of drug-likeness (QED) is 0.449. The number of thioether (sulfide) groups is 1. The predicted molar refractivity (Wildman–Crippen MR) is 74.9 cm³/mol. The summed E-state index contributed by atoms with van der Waals surface area (Å²) in [4.78, 5) is 19.8. The lowest BCUT2D eigenvalue weighted by Gasteiger charge is -2.09. The zero-order valence-corrected chi connectivity index (χ0v) is 12.4. The Bertz CT molecular complexity index is 438. The molecule has 1 N–H and O–H groups in total. The van der Waals surface area contributed by atoms with Gasteiger partial charge in [0.2, 0.25) is 0 Å². The maximum Gasteiger partial charge on any atom is 0.340 e. The molecule has 0 saturated carbocycles. The van der Waals surface area contributed by atoms with Crippen molar-refractivity contribution in [2.24, 2.45) is 0 Å². The smallest absolute Gasteiger partial charge is 0.340 e. The molecule has 0 spiro atoms. The summed E-state index contributed by atoms with van der Waals surface area (Å²) in [7, 11) is 0. The van der Waals surface area contributed by atoms with Gasteiger partial charge in [-0.2, -0.15) is 0 Å². The molecule has 1 aromatic heterocycles. The van der Waals surface area contributed by atoms with Crippen molar-refractivity contribution < 1.29 is 14.6 Å². The number of ether oxygens (including phenoxy) is 1. The summed E-state index contributed by atoms with van der Waals surface area (Å²) in [5, 5.41) is 9.80. The molecule has 5 nitrogen and oxygen atoms in total. The Morgan fingerprint density at radius 1 is 1.37 bits per heavy atom. The van der Waals surface area contributed by atoms with Crippen molar-refractivity contribution in [2.45, 2.75) is 38.6 Å². The van der Waals surface area contributed by atoms with Crippen LogP contribution in [0.3, 0.4) is 0 Å². The average Bonchev–Trinajstić information content (AvgIpc) is 2.37. The van der Waals surface area contributed by atoms with Gasteiger partial charge in [-0.15, -0.1) is 11.8 Å². The Morgan fingerprint density at radius 2 is 2.11 bits per heavy atom. The number of aromatic nitrogens is 2. The summed E-state index contributed by atoms with van der Waals surface area (Å²) in [5.74, 6) is 0.516. The highest BCUT2D eigenvalue weighted by Crippen LogP contribution is 2.23. The van der Waals surface area contributed by atoms with E-state index < -0.39 is 5.97 Å². The van der Waals surface area contributed by atoms with Crippen molar-refractivity contribution in [2.75, 3.05) is 19.0 Å². The molecule has 0 bridgehead atoms. The van der Waals surface area contributed by atoms with Crippen molar-refractivity contribution in [3.63, 3.8) is 0 Å². The second kappa shape index (κ2) is 8.12. The number of aromatic carboxylic acids is 1. The van der Waals surface area contributed by atoms with Crippen LogP contribution in [-0.2, 0) is 11.2 Å². The SMILES string of the molecule is CCOCCCSc1nc(CC)nc(C)c1C(=O)O. The summed E-state index contributed by atoms with van der Waals surface area (Å²) in [6, 6.07) is 0. The molecule has 0 atom stereocenters. The van der Waals surface area contributed by atoms with Crippen molar-refractivity contribution in [1.29, 1.82) is 0 Å². The van der Waals surface area contributed by atoms with E-state index in [1.807, 2.05) is 13.8 Å². The number of aryl methyl sites for hydroxylation is 2. The van der Waals surface area contributed by atoms with Gasteiger partial charge in [0.05, 0.1) is 5.69 Å². The summed E-state index contributed by atoms with van der Waals surface area (Å²) in [5.41, 5.74) is 0.755. The fourth-order valence-corrected chi connectivity index (χ4v) is 2.59. The number of carboxylic acid groups (broad SMARTS) is 1. The molecule has 0 amide bonds. The minimum Gasteiger partial charge on any atom is -0.478 e. The van der Waals surface area contributed by atoms with Gasteiger partial charge in [0.25, 0.3) is 0 Å².